The minimum Gasteiger partial charge on any atom is -0.455 e. The predicted octanol–water partition coefficient (Wildman–Crippen LogP) is 18.6. The Morgan fingerprint density at radius 3 is 1.83 bits per heavy atom. The fourth-order valence-corrected chi connectivity index (χ4v) is 11.6. The van der Waals surface area contributed by atoms with Crippen LogP contribution in [0, 0.1) is 0 Å². The Labute approximate surface area is 406 Å². The molecular formula is C67H46N2O. The Hall–Kier alpha value is -8.92. The van der Waals surface area contributed by atoms with Crippen molar-refractivity contribution in [2.45, 2.75) is 19.3 Å². The number of anilines is 3. The van der Waals surface area contributed by atoms with Crippen LogP contribution in [0.3, 0.4) is 0 Å². The van der Waals surface area contributed by atoms with Crippen molar-refractivity contribution in [2.24, 2.45) is 0 Å². The van der Waals surface area contributed by atoms with E-state index < -0.39 is 0 Å². The number of aromatic nitrogens is 1. The second-order valence-corrected chi connectivity index (χ2v) is 19.2. The first-order chi connectivity index (χ1) is 34.5. The highest BCUT2D eigenvalue weighted by Crippen LogP contribution is 2.52. The maximum Gasteiger partial charge on any atom is 0.145 e. The van der Waals surface area contributed by atoms with Crippen molar-refractivity contribution >= 4 is 71.6 Å². The van der Waals surface area contributed by atoms with Crippen LogP contribution in [0.15, 0.2) is 247 Å². The number of para-hydroxylation sites is 4. The van der Waals surface area contributed by atoms with Gasteiger partial charge in [0.2, 0.25) is 0 Å². The molecule has 0 unspecified atom stereocenters. The van der Waals surface area contributed by atoms with E-state index in [9.17, 15) is 0 Å². The lowest BCUT2D eigenvalue weighted by Gasteiger charge is -2.30. The van der Waals surface area contributed by atoms with Crippen molar-refractivity contribution in [1.82, 2.24) is 4.57 Å². The van der Waals surface area contributed by atoms with E-state index in [1.54, 1.807) is 0 Å². The quantitative estimate of drug-likeness (QED) is 0.159. The molecule has 0 N–H and O–H groups in total. The predicted molar refractivity (Wildman–Crippen MR) is 294 cm³/mol. The van der Waals surface area contributed by atoms with Gasteiger partial charge in [-0.05, 0) is 128 Å². The molecule has 13 aromatic rings. The highest BCUT2D eigenvalue weighted by atomic mass is 16.3. The van der Waals surface area contributed by atoms with E-state index in [0.717, 1.165) is 72.5 Å². The zero-order valence-electron chi connectivity index (χ0n) is 38.9. The molecule has 3 nitrogen and oxygen atoms in total. The van der Waals surface area contributed by atoms with Gasteiger partial charge in [-0.2, -0.15) is 0 Å². The summed E-state index contributed by atoms with van der Waals surface area (Å²) in [4.78, 5) is 2.46. The lowest BCUT2D eigenvalue weighted by Crippen LogP contribution is -2.15. The molecule has 2 heterocycles. The Kier molecular flexibility index (Phi) is 8.93. The number of hydrogen-bond donors (Lipinski definition) is 0. The summed E-state index contributed by atoms with van der Waals surface area (Å²) < 4.78 is 9.41. The van der Waals surface area contributed by atoms with E-state index in [1.165, 1.54) is 60.4 Å². The Bertz CT molecular complexity index is 4170. The molecule has 0 atom stereocenters. The van der Waals surface area contributed by atoms with Gasteiger partial charge in [-0.15, -0.1) is 0 Å². The third-order valence-electron chi connectivity index (χ3n) is 15.0. The number of rotatable bonds is 7. The molecule has 0 fully saturated rings. The molecule has 70 heavy (non-hydrogen) atoms. The van der Waals surface area contributed by atoms with Crippen molar-refractivity contribution < 1.29 is 4.42 Å². The molecule has 2 aromatic heterocycles. The summed E-state index contributed by atoms with van der Waals surface area (Å²) in [5.41, 5.74) is 20.3. The number of hydrogen-bond acceptors (Lipinski definition) is 2. The monoisotopic (exact) mass is 894 g/mol. The summed E-state index contributed by atoms with van der Waals surface area (Å²) >= 11 is 0. The van der Waals surface area contributed by atoms with Gasteiger partial charge in [-0.3, -0.25) is 0 Å². The van der Waals surface area contributed by atoms with Crippen LogP contribution >= 0.6 is 0 Å². The molecule has 3 heteroatoms. The molecule has 0 saturated heterocycles. The molecule has 0 amide bonds. The first-order valence-electron chi connectivity index (χ1n) is 24.2. The molecule has 0 spiro atoms. The second kappa shape index (κ2) is 15.6. The average Bonchev–Trinajstić information content (AvgIpc) is 4.04. The van der Waals surface area contributed by atoms with Crippen LogP contribution < -0.4 is 4.90 Å². The number of furan rings is 1. The second-order valence-electron chi connectivity index (χ2n) is 19.2. The van der Waals surface area contributed by atoms with E-state index in [0.29, 0.717) is 0 Å². The molecule has 14 rings (SSSR count). The molecule has 1 aliphatic rings. The van der Waals surface area contributed by atoms with Crippen molar-refractivity contribution in [1.29, 1.82) is 0 Å². The Balaban J connectivity index is 1.00. The number of nitrogens with zero attached hydrogens (tertiary/aromatic N) is 2. The molecule has 1 aliphatic carbocycles. The van der Waals surface area contributed by atoms with E-state index in [4.69, 9.17) is 4.42 Å². The van der Waals surface area contributed by atoms with Gasteiger partial charge in [0.25, 0.3) is 0 Å². The van der Waals surface area contributed by atoms with E-state index >= 15 is 0 Å². The summed E-state index contributed by atoms with van der Waals surface area (Å²) in [6.45, 7) is 4.71. The molecule has 0 aliphatic heterocycles. The maximum atomic E-state index is 7.03. The van der Waals surface area contributed by atoms with Crippen molar-refractivity contribution in [3.05, 3.63) is 254 Å². The average molecular weight is 895 g/mol. The fraction of sp³-hybridized carbons (Fsp3) is 0.0448. The van der Waals surface area contributed by atoms with Crippen LogP contribution in [-0.4, -0.2) is 4.57 Å². The highest BCUT2D eigenvalue weighted by molar-refractivity contribution is 6.14. The van der Waals surface area contributed by atoms with Gasteiger partial charge in [0.05, 0.1) is 22.4 Å². The minimum absolute atomic E-state index is 0.113. The first kappa shape index (κ1) is 40.2. The summed E-state index contributed by atoms with van der Waals surface area (Å²) in [5, 5.41) is 7.09. The summed E-state index contributed by atoms with van der Waals surface area (Å²) in [6.07, 6.45) is 0. The smallest absolute Gasteiger partial charge is 0.145 e. The lowest BCUT2D eigenvalue weighted by atomic mass is 9.81. The number of fused-ring (bicyclic) bond motifs is 10. The van der Waals surface area contributed by atoms with E-state index in [2.05, 4.69) is 266 Å². The van der Waals surface area contributed by atoms with Gasteiger partial charge in [-0.1, -0.05) is 184 Å². The van der Waals surface area contributed by atoms with E-state index in [1.807, 2.05) is 0 Å². The van der Waals surface area contributed by atoms with Crippen LogP contribution in [0.1, 0.15) is 25.0 Å². The summed E-state index contributed by atoms with van der Waals surface area (Å²) in [7, 11) is 0. The third kappa shape index (κ3) is 6.15. The van der Waals surface area contributed by atoms with Crippen molar-refractivity contribution in [3.63, 3.8) is 0 Å². The number of benzene rings is 11. The lowest BCUT2D eigenvalue weighted by molar-refractivity contribution is 0.660. The van der Waals surface area contributed by atoms with Crippen LogP contribution in [-0.2, 0) is 5.41 Å². The molecule has 0 radical (unpaired) electrons. The normalized spacial score (nSPS) is 12.8. The van der Waals surface area contributed by atoms with Crippen molar-refractivity contribution in [2.75, 3.05) is 4.90 Å². The zero-order chi connectivity index (χ0) is 46.5. The Morgan fingerprint density at radius 1 is 0.386 bits per heavy atom. The van der Waals surface area contributed by atoms with Gasteiger partial charge in [0, 0.05) is 49.5 Å². The third-order valence-corrected chi connectivity index (χ3v) is 15.0. The van der Waals surface area contributed by atoms with Crippen LogP contribution in [0.5, 0.6) is 0 Å². The topological polar surface area (TPSA) is 21.3 Å². The van der Waals surface area contributed by atoms with E-state index in [-0.39, 0.29) is 5.41 Å². The molecule has 330 valence electrons. The molecule has 0 bridgehead atoms. The van der Waals surface area contributed by atoms with Gasteiger partial charge >= 0.3 is 0 Å². The Morgan fingerprint density at radius 2 is 1.01 bits per heavy atom. The van der Waals surface area contributed by atoms with Gasteiger partial charge in [0.1, 0.15) is 11.2 Å². The first-order valence-corrected chi connectivity index (χ1v) is 24.2. The molecule has 11 aromatic carbocycles. The SMILES string of the molecule is CC1(C)c2ccccc2-c2ccc(-c3cccc(N(c4ccccc4-c4ccc5ccccc5c4)c4ccc5c(oc6ccccc65)c4-c4ccc(-n5c6ccccc6c6ccccc65)cc4)c3)cc21. The molecule has 0 saturated carbocycles. The minimum atomic E-state index is -0.113. The largest absolute Gasteiger partial charge is 0.455 e. The molecular weight excluding hydrogens is 849 g/mol. The van der Waals surface area contributed by atoms with Crippen LogP contribution in [0.25, 0.3) is 105 Å². The van der Waals surface area contributed by atoms with Gasteiger partial charge < -0.3 is 13.9 Å². The standard InChI is InChI=1S/C67H46N2O/c1-67(2)58-25-10-5-21-52(58)53-37-34-47(42-59(53)67)46-18-15-19-50(41-46)69(60-26-11-6-20-51(60)48-31-30-43-16-3-4-17-45(43)40-48)63-39-38-57-56-24-9-14-29-64(56)70-66(57)65(63)44-32-35-49(36-33-44)68-61-27-12-7-22-54(61)55-23-8-13-28-62(55)68/h3-42H,1-2H3. The van der Waals surface area contributed by atoms with Gasteiger partial charge in [-0.25, -0.2) is 0 Å². The summed E-state index contributed by atoms with van der Waals surface area (Å²) in [5.74, 6) is 0. The summed E-state index contributed by atoms with van der Waals surface area (Å²) in [6, 6.07) is 88.7. The highest BCUT2D eigenvalue weighted by Gasteiger charge is 2.35. The van der Waals surface area contributed by atoms with Gasteiger partial charge in [0.15, 0.2) is 0 Å². The van der Waals surface area contributed by atoms with Crippen LogP contribution in [0.4, 0.5) is 17.1 Å². The van der Waals surface area contributed by atoms with Crippen molar-refractivity contribution in [3.8, 4) is 50.2 Å². The fourth-order valence-electron chi connectivity index (χ4n) is 11.6. The zero-order valence-corrected chi connectivity index (χ0v) is 38.9. The maximum absolute atomic E-state index is 7.03. The van der Waals surface area contributed by atoms with Crippen LogP contribution in [0.2, 0.25) is 0 Å².